The van der Waals surface area contributed by atoms with Crippen molar-refractivity contribution in [3.05, 3.63) is 51.6 Å². The number of nitrogens with one attached hydrogen (secondary N) is 1. The number of nitrogens with zero attached hydrogens (tertiary/aromatic N) is 2. The lowest BCUT2D eigenvalue weighted by Gasteiger charge is -2.06. The number of thiazole rings is 1. The van der Waals surface area contributed by atoms with E-state index in [4.69, 9.17) is 0 Å². The summed E-state index contributed by atoms with van der Waals surface area (Å²) in [5.41, 5.74) is 4.02. The number of rotatable bonds is 5. The Kier molecular flexibility index (Phi) is 4.08. The molecule has 0 fully saturated rings. The van der Waals surface area contributed by atoms with Crippen LogP contribution in [0.15, 0.2) is 30.5 Å². The fourth-order valence-corrected chi connectivity index (χ4v) is 3.60. The lowest BCUT2D eigenvalue weighted by molar-refractivity contribution is 0.654. The molecule has 0 amide bonds. The molecule has 1 aromatic carbocycles. The molecule has 0 aliphatic heterocycles. The quantitative estimate of drug-likeness (QED) is 0.776. The van der Waals surface area contributed by atoms with Crippen molar-refractivity contribution in [1.29, 1.82) is 0 Å². The Morgan fingerprint density at radius 1 is 1.24 bits per heavy atom. The van der Waals surface area contributed by atoms with Crippen LogP contribution in [-0.4, -0.2) is 9.55 Å². The van der Waals surface area contributed by atoms with Crippen LogP contribution in [0.3, 0.4) is 0 Å². The third-order valence-electron chi connectivity index (χ3n) is 4.03. The predicted octanol–water partition coefficient (Wildman–Crippen LogP) is 3.80. The first-order chi connectivity index (χ1) is 10.2. The predicted molar refractivity (Wildman–Crippen MR) is 89.7 cm³/mol. The van der Waals surface area contributed by atoms with Gasteiger partial charge in [-0.15, -0.1) is 11.3 Å². The summed E-state index contributed by atoms with van der Waals surface area (Å²) in [6, 6.07) is 8.58. The van der Waals surface area contributed by atoms with Gasteiger partial charge in [0.25, 0.3) is 0 Å². The molecule has 2 heterocycles. The highest BCUT2D eigenvalue weighted by Gasteiger charge is 2.10. The molecule has 0 aliphatic carbocycles. The molecule has 0 bridgehead atoms. The number of aromatic nitrogens is 2. The minimum absolute atomic E-state index is 0.839. The zero-order valence-electron chi connectivity index (χ0n) is 12.8. The fourth-order valence-electron chi connectivity index (χ4n) is 2.77. The van der Waals surface area contributed by atoms with E-state index in [1.165, 1.54) is 32.0 Å². The van der Waals surface area contributed by atoms with Gasteiger partial charge in [0, 0.05) is 47.8 Å². The molecule has 0 saturated carbocycles. The number of hydrogen-bond donors (Lipinski definition) is 1. The summed E-state index contributed by atoms with van der Waals surface area (Å²) in [7, 11) is 2.14. The van der Waals surface area contributed by atoms with Gasteiger partial charge in [-0.2, -0.15) is 0 Å². The Hall–Kier alpha value is -1.65. The standard InChI is InChI=1S/C17H21N3S/c1-4-13-9-19-17(21-13)11-18-10-16-12(2)14-7-5-6-8-15(14)20(16)3/h5-9,18H,4,10-11H2,1-3H3. The van der Waals surface area contributed by atoms with Crippen molar-refractivity contribution >= 4 is 22.2 Å². The number of benzene rings is 1. The van der Waals surface area contributed by atoms with Crippen molar-refractivity contribution in [2.24, 2.45) is 7.05 Å². The molecule has 0 atom stereocenters. The molecule has 21 heavy (non-hydrogen) atoms. The van der Waals surface area contributed by atoms with Gasteiger partial charge in [-0.3, -0.25) is 0 Å². The van der Waals surface area contributed by atoms with Gasteiger partial charge in [0.15, 0.2) is 0 Å². The van der Waals surface area contributed by atoms with E-state index in [1.54, 1.807) is 11.3 Å². The number of aryl methyl sites for hydroxylation is 3. The highest BCUT2D eigenvalue weighted by Crippen LogP contribution is 2.24. The topological polar surface area (TPSA) is 29.9 Å². The zero-order chi connectivity index (χ0) is 14.8. The van der Waals surface area contributed by atoms with Gasteiger partial charge >= 0.3 is 0 Å². The molecule has 0 spiro atoms. The van der Waals surface area contributed by atoms with E-state index in [2.05, 4.69) is 60.0 Å². The summed E-state index contributed by atoms with van der Waals surface area (Å²) >= 11 is 1.80. The average Bonchev–Trinajstić information content (AvgIpc) is 3.06. The van der Waals surface area contributed by atoms with Crippen LogP contribution in [0.5, 0.6) is 0 Å². The van der Waals surface area contributed by atoms with Crippen LogP contribution >= 0.6 is 11.3 Å². The van der Waals surface area contributed by atoms with Crippen LogP contribution in [0.25, 0.3) is 10.9 Å². The maximum atomic E-state index is 4.46. The first-order valence-electron chi connectivity index (χ1n) is 7.38. The monoisotopic (exact) mass is 299 g/mol. The molecule has 0 unspecified atom stereocenters. The lowest BCUT2D eigenvalue weighted by Crippen LogP contribution is -2.15. The third kappa shape index (κ3) is 2.74. The third-order valence-corrected chi connectivity index (χ3v) is 5.17. The maximum absolute atomic E-state index is 4.46. The number of para-hydroxylation sites is 1. The van der Waals surface area contributed by atoms with E-state index in [9.17, 15) is 0 Å². The summed E-state index contributed by atoms with van der Waals surface area (Å²) in [4.78, 5) is 5.81. The summed E-state index contributed by atoms with van der Waals surface area (Å²) in [6.45, 7) is 6.09. The highest BCUT2D eigenvalue weighted by atomic mass is 32.1. The average molecular weight is 299 g/mol. The fraction of sp³-hybridized carbons (Fsp3) is 0.353. The largest absolute Gasteiger partial charge is 0.346 e. The molecule has 1 N–H and O–H groups in total. The van der Waals surface area contributed by atoms with E-state index in [-0.39, 0.29) is 0 Å². The maximum Gasteiger partial charge on any atom is 0.107 e. The summed E-state index contributed by atoms with van der Waals surface area (Å²) in [5, 5.41) is 6.04. The Morgan fingerprint density at radius 2 is 2.05 bits per heavy atom. The van der Waals surface area contributed by atoms with Crippen molar-refractivity contribution in [3.8, 4) is 0 Å². The summed E-state index contributed by atoms with van der Waals surface area (Å²) < 4.78 is 2.29. The molecule has 3 aromatic rings. The van der Waals surface area contributed by atoms with E-state index in [1.807, 2.05) is 6.20 Å². The van der Waals surface area contributed by atoms with Crippen LogP contribution in [-0.2, 0) is 26.6 Å². The summed E-state index contributed by atoms with van der Waals surface area (Å²) in [5.74, 6) is 0. The van der Waals surface area contributed by atoms with Crippen LogP contribution in [0, 0.1) is 6.92 Å². The molecule has 4 heteroatoms. The van der Waals surface area contributed by atoms with Crippen molar-refractivity contribution in [3.63, 3.8) is 0 Å². The van der Waals surface area contributed by atoms with Crippen LogP contribution in [0.1, 0.15) is 28.1 Å². The minimum atomic E-state index is 0.839. The molecule has 0 radical (unpaired) electrons. The Labute approximate surface area is 129 Å². The van der Waals surface area contributed by atoms with Gasteiger partial charge in [-0.25, -0.2) is 4.98 Å². The van der Waals surface area contributed by atoms with E-state index in [0.717, 1.165) is 19.5 Å². The van der Waals surface area contributed by atoms with E-state index < -0.39 is 0 Å². The number of hydrogen-bond acceptors (Lipinski definition) is 3. The minimum Gasteiger partial charge on any atom is -0.346 e. The van der Waals surface area contributed by atoms with Crippen molar-refractivity contribution < 1.29 is 0 Å². The van der Waals surface area contributed by atoms with Gasteiger partial charge < -0.3 is 9.88 Å². The second-order valence-electron chi connectivity index (χ2n) is 5.33. The van der Waals surface area contributed by atoms with Crippen molar-refractivity contribution in [1.82, 2.24) is 14.9 Å². The first kappa shape index (κ1) is 14.3. The molecule has 110 valence electrons. The van der Waals surface area contributed by atoms with Crippen LogP contribution in [0.4, 0.5) is 0 Å². The smallest absolute Gasteiger partial charge is 0.107 e. The van der Waals surface area contributed by atoms with Crippen molar-refractivity contribution in [2.45, 2.75) is 33.4 Å². The molecular weight excluding hydrogens is 278 g/mol. The van der Waals surface area contributed by atoms with Gasteiger partial charge in [0.1, 0.15) is 5.01 Å². The Balaban J connectivity index is 1.73. The highest BCUT2D eigenvalue weighted by molar-refractivity contribution is 7.11. The number of fused-ring (bicyclic) bond motifs is 1. The van der Waals surface area contributed by atoms with Gasteiger partial charge in [-0.05, 0) is 25.0 Å². The lowest BCUT2D eigenvalue weighted by atomic mass is 10.1. The summed E-state index contributed by atoms with van der Waals surface area (Å²) in [6.07, 6.45) is 3.06. The van der Waals surface area contributed by atoms with E-state index in [0.29, 0.717) is 0 Å². The SMILES string of the molecule is CCc1cnc(CNCc2c(C)c3ccccc3n2C)s1. The molecule has 0 aliphatic rings. The van der Waals surface area contributed by atoms with Gasteiger partial charge in [-0.1, -0.05) is 25.1 Å². The van der Waals surface area contributed by atoms with Gasteiger partial charge in [0.2, 0.25) is 0 Å². The molecule has 2 aromatic heterocycles. The normalized spacial score (nSPS) is 11.4. The van der Waals surface area contributed by atoms with Crippen LogP contribution < -0.4 is 5.32 Å². The van der Waals surface area contributed by atoms with Crippen LogP contribution in [0.2, 0.25) is 0 Å². The first-order valence-corrected chi connectivity index (χ1v) is 8.19. The Bertz CT molecular complexity index is 716. The second-order valence-corrected chi connectivity index (χ2v) is 6.53. The Morgan fingerprint density at radius 3 is 2.76 bits per heavy atom. The van der Waals surface area contributed by atoms with Crippen molar-refractivity contribution in [2.75, 3.05) is 0 Å². The van der Waals surface area contributed by atoms with E-state index >= 15 is 0 Å². The zero-order valence-corrected chi connectivity index (χ0v) is 13.6. The second kappa shape index (κ2) is 6.00. The molecule has 3 nitrogen and oxygen atoms in total. The molecule has 0 saturated heterocycles. The molecular formula is C17H21N3S. The van der Waals surface area contributed by atoms with Gasteiger partial charge in [0.05, 0.1) is 0 Å². The molecule has 3 rings (SSSR count).